The van der Waals surface area contributed by atoms with E-state index in [1.165, 1.54) is 0 Å². The van der Waals surface area contributed by atoms with Crippen molar-refractivity contribution in [3.05, 3.63) is 28.7 Å². The van der Waals surface area contributed by atoms with Gasteiger partial charge in [-0.25, -0.2) is 0 Å². The second-order valence-corrected chi connectivity index (χ2v) is 5.91. The van der Waals surface area contributed by atoms with Gasteiger partial charge >= 0.3 is 5.97 Å². The van der Waals surface area contributed by atoms with Crippen molar-refractivity contribution in [1.29, 1.82) is 0 Å². The second kappa shape index (κ2) is 6.91. The molecule has 0 spiro atoms. The predicted molar refractivity (Wildman–Crippen MR) is 71.2 cm³/mol. The van der Waals surface area contributed by atoms with Gasteiger partial charge in [-0.2, -0.15) is 0 Å². The smallest absolute Gasteiger partial charge is 0.309 e. The number of hydrogen-bond donors (Lipinski definition) is 0. The zero-order valence-corrected chi connectivity index (χ0v) is 12.2. The van der Waals surface area contributed by atoms with Crippen LogP contribution < -0.4 is 0 Å². The molecule has 0 fully saturated rings. The molecule has 5 heteroatoms. The topological polar surface area (TPSA) is 43.4 Å². The molecule has 0 saturated carbocycles. The van der Waals surface area contributed by atoms with Crippen LogP contribution in [0.5, 0.6) is 0 Å². The van der Waals surface area contributed by atoms with E-state index in [9.17, 15) is 9.00 Å². The van der Waals surface area contributed by atoms with E-state index in [2.05, 4.69) is 15.9 Å². The van der Waals surface area contributed by atoms with Crippen LogP contribution in [0.25, 0.3) is 0 Å². The number of esters is 1. The van der Waals surface area contributed by atoms with Crippen LogP contribution in [0.1, 0.15) is 13.8 Å². The number of benzene rings is 1. The molecular formula is C12H15BrO3S. The van der Waals surface area contributed by atoms with E-state index in [-0.39, 0.29) is 17.6 Å². The Labute approximate surface area is 112 Å². The van der Waals surface area contributed by atoms with Gasteiger partial charge in [-0.05, 0) is 35.0 Å². The molecule has 2 atom stereocenters. The van der Waals surface area contributed by atoms with E-state index in [0.29, 0.717) is 11.5 Å². The first kappa shape index (κ1) is 14.4. The van der Waals surface area contributed by atoms with E-state index in [1.54, 1.807) is 19.9 Å². The highest BCUT2D eigenvalue weighted by atomic mass is 79.9. The van der Waals surface area contributed by atoms with Gasteiger partial charge in [0.2, 0.25) is 0 Å². The van der Waals surface area contributed by atoms with Crippen molar-refractivity contribution in [3.63, 3.8) is 0 Å². The third kappa shape index (κ3) is 4.24. The Morgan fingerprint density at radius 1 is 1.47 bits per heavy atom. The van der Waals surface area contributed by atoms with Crippen LogP contribution in [0, 0.1) is 5.92 Å². The summed E-state index contributed by atoms with van der Waals surface area (Å²) in [4.78, 5) is 12.1. The summed E-state index contributed by atoms with van der Waals surface area (Å²) in [7, 11) is -1.20. The Hall–Kier alpha value is -0.680. The zero-order valence-electron chi connectivity index (χ0n) is 9.81. The van der Waals surface area contributed by atoms with Crippen LogP contribution in [-0.4, -0.2) is 22.5 Å². The maximum atomic E-state index is 12.1. The zero-order chi connectivity index (χ0) is 12.8. The minimum Gasteiger partial charge on any atom is -0.466 e. The van der Waals surface area contributed by atoms with Crippen LogP contribution in [-0.2, 0) is 20.3 Å². The van der Waals surface area contributed by atoms with Gasteiger partial charge < -0.3 is 4.74 Å². The molecule has 3 nitrogen and oxygen atoms in total. The molecule has 0 amide bonds. The van der Waals surface area contributed by atoms with E-state index in [0.717, 1.165) is 4.47 Å². The standard InChI is InChI=1S/C12H15BrO3S/c1-3-16-12(14)9(2)8-17(15)11-7-5-4-6-10(11)13/h4-7,9H,3,8H2,1-2H3. The molecule has 0 aliphatic rings. The third-order valence-electron chi connectivity index (χ3n) is 2.17. The molecule has 1 aromatic rings. The quantitative estimate of drug-likeness (QED) is 0.784. The largest absolute Gasteiger partial charge is 0.466 e. The van der Waals surface area contributed by atoms with Crippen LogP contribution in [0.3, 0.4) is 0 Å². The molecule has 0 aromatic heterocycles. The van der Waals surface area contributed by atoms with Crippen LogP contribution >= 0.6 is 15.9 Å². The molecule has 0 radical (unpaired) electrons. The second-order valence-electron chi connectivity index (χ2n) is 3.60. The van der Waals surface area contributed by atoms with Gasteiger partial charge in [0.25, 0.3) is 0 Å². The lowest BCUT2D eigenvalue weighted by Crippen LogP contribution is -2.20. The van der Waals surface area contributed by atoms with Crippen LogP contribution in [0.4, 0.5) is 0 Å². The molecule has 1 rings (SSSR count). The summed E-state index contributed by atoms with van der Waals surface area (Å²) in [6.45, 7) is 3.84. The molecule has 0 saturated heterocycles. The molecule has 94 valence electrons. The van der Waals surface area contributed by atoms with Crippen molar-refractivity contribution in [2.75, 3.05) is 12.4 Å². The van der Waals surface area contributed by atoms with Crippen molar-refractivity contribution in [2.24, 2.45) is 5.92 Å². The molecular weight excluding hydrogens is 304 g/mol. The van der Waals surface area contributed by atoms with Crippen molar-refractivity contribution in [1.82, 2.24) is 0 Å². The monoisotopic (exact) mass is 318 g/mol. The van der Waals surface area contributed by atoms with E-state index in [4.69, 9.17) is 4.74 Å². The van der Waals surface area contributed by atoms with Gasteiger partial charge in [-0.3, -0.25) is 9.00 Å². The minimum absolute atomic E-state index is 0.279. The lowest BCUT2D eigenvalue weighted by molar-refractivity contribution is -0.146. The molecule has 0 bridgehead atoms. The Morgan fingerprint density at radius 2 is 2.12 bits per heavy atom. The van der Waals surface area contributed by atoms with Crippen molar-refractivity contribution in [3.8, 4) is 0 Å². The highest BCUT2D eigenvalue weighted by Gasteiger charge is 2.19. The number of halogens is 1. The summed E-state index contributed by atoms with van der Waals surface area (Å²) in [5.41, 5.74) is 0. The number of rotatable bonds is 5. The average molecular weight is 319 g/mol. The first-order valence-electron chi connectivity index (χ1n) is 5.35. The van der Waals surface area contributed by atoms with Crippen molar-refractivity contribution >= 4 is 32.7 Å². The SMILES string of the molecule is CCOC(=O)C(C)CS(=O)c1ccccc1Br. The molecule has 0 N–H and O–H groups in total. The number of carbonyl (C=O) groups excluding carboxylic acids is 1. The molecule has 0 aliphatic heterocycles. The maximum Gasteiger partial charge on any atom is 0.309 e. The van der Waals surface area contributed by atoms with E-state index < -0.39 is 10.8 Å². The minimum atomic E-state index is -1.20. The maximum absolute atomic E-state index is 12.1. The van der Waals surface area contributed by atoms with Gasteiger partial charge in [0.1, 0.15) is 0 Å². The number of ether oxygens (including phenoxy) is 1. The fourth-order valence-electron chi connectivity index (χ4n) is 1.30. The molecule has 1 aromatic carbocycles. The Kier molecular flexibility index (Phi) is 5.85. The van der Waals surface area contributed by atoms with Gasteiger partial charge in [-0.15, -0.1) is 0 Å². The summed E-state index contributed by atoms with van der Waals surface area (Å²) in [5.74, 6) is -0.377. The molecule has 0 aliphatic carbocycles. The number of carbonyl (C=O) groups is 1. The van der Waals surface area contributed by atoms with Gasteiger partial charge in [-0.1, -0.05) is 19.1 Å². The highest BCUT2D eigenvalue weighted by Crippen LogP contribution is 2.21. The fraction of sp³-hybridized carbons (Fsp3) is 0.417. The van der Waals surface area contributed by atoms with E-state index in [1.807, 2.05) is 18.2 Å². The first-order valence-corrected chi connectivity index (χ1v) is 7.47. The predicted octanol–water partition coefficient (Wildman–Crippen LogP) is 2.76. The summed E-state index contributed by atoms with van der Waals surface area (Å²) in [6.07, 6.45) is 0. The van der Waals surface area contributed by atoms with Gasteiger partial charge in [0, 0.05) is 10.2 Å². The van der Waals surface area contributed by atoms with Gasteiger partial charge in [0.15, 0.2) is 0 Å². The Balaban J connectivity index is 2.67. The van der Waals surface area contributed by atoms with Crippen molar-refractivity contribution < 1.29 is 13.7 Å². The Bertz CT molecular complexity index is 420. The summed E-state index contributed by atoms with van der Waals surface area (Å²) < 4.78 is 17.7. The third-order valence-corrected chi connectivity index (χ3v) is 4.78. The van der Waals surface area contributed by atoms with E-state index >= 15 is 0 Å². The normalized spacial score (nSPS) is 14.1. The molecule has 2 unspecified atom stereocenters. The summed E-state index contributed by atoms with van der Waals surface area (Å²) in [5, 5.41) is 0. The summed E-state index contributed by atoms with van der Waals surface area (Å²) in [6, 6.07) is 7.31. The number of hydrogen-bond acceptors (Lipinski definition) is 3. The molecule has 17 heavy (non-hydrogen) atoms. The highest BCUT2D eigenvalue weighted by molar-refractivity contribution is 9.10. The first-order chi connectivity index (χ1) is 8.06. The lowest BCUT2D eigenvalue weighted by atomic mass is 10.2. The lowest BCUT2D eigenvalue weighted by Gasteiger charge is -2.10. The fourth-order valence-corrected chi connectivity index (χ4v) is 3.41. The van der Waals surface area contributed by atoms with Crippen LogP contribution in [0.15, 0.2) is 33.6 Å². The average Bonchev–Trinajstić information content (AvgIpc) is 2.29. The van der Waals surface area contributed by atoms with Crippen molar-refractivity contribution in [2.45, 2.75) is 18.7 Å². The van der Waals surface area contributed by atoms with Crippen LogP contribution in [0.2, 0.25) is 0 Å². The molecule has 0 heterocycles. The van der Waals surface area contributed by atoms with Gasteiger partial charge in [0.05, 0.1) is 28.2 Å². The summed E-state index contributed by atoms with van der Waals surface area (Å²) >= 11 is 3.35. The Morgan fingerprint density at radius 3 is 2.71 bits per heavy atom.